The average molecular weight is 879 g/mol. The Labute approximate surface area is 363 Å². The smallest absolute Gasteiger partial charge is 0.335 e. The summed E-state index contributed by atoms with van der Waals surface area (Å²) < 4.78 is 23.9. The van der Waals surface area contributed by atoms with Gasteiger partial charge in [0.1, 0.15) is 24.4 Å². The highest BCUT2D eigenvalue weighted by Crippen LogP contribution is 2.71. The summed E-state index contributed by atoms with van der Waals surface area (Å²) in [5.41, 5.74) is 0.0417. The third-order valence-corrected chi connectivity index (χ3v) is 17.6. The van der Waals surface area contributed by atoms with Crippen molar-refractivity contribution in [1.29, 1.82) is 0 Å². The van der Waals surface area contributed by atoms with Crippen LogP contribution in [0.25, 0.3) is 0 Å². The predicted octanol–water partition coefficient (Wildman–Crippen LogP) is 3.32. The number of aliphatic hydroxyl groups excluding tert-OH is 5. The van der Waals surface area contributed by atoms with Crippen LogP contribution in [0.1, 0.15) is 118 Å². The molecule has 6 fully saturated rings. The minimum atomic E-state index is -1.77. The lowest BCUT2D eigenvalue weighted by atomic mass is 9.37. The van der Waals surface area contributed by atoms with E-state index in [1.165, 1.54) is 5.57 Å². The van der Waals surface area contributed by atoms with Gasteiger partial charge in [-0.25, -0.2) is 9.59 Å². The number of fused-ring (bicyclic) bond motifs is 7. The third-order valence-electron chi connectivity index (χ3n) is 17.6. The van der Waals surface area contributed by atoms with Gasteiger partial charge in [0.05, 0.1) is 24.2 Å². The summed E-state index contributed by atoms with van der Waals surface area (Å²) in [4.78, 5) is 50.5. The maximum atomic E-state index is 14.7. The van der Waals surface area contributed by atoms with Crippen LogP contribution in [0.5, 0.6) is 0 Å². The van der Waals surface area contributed by atoms with Crippen molar-refractivity contribution in [2.75, 3.05) is 13.2 Å². The molecule has 5 aliphatic carbocycles. The lowest BCUT2D eigenvalue weighted by Crippen LogP contribution is -2.65. The largest absolute Gasteiger partial charge is 0.481 e. The number of carbonyl (C=O) groups is 4. The van der Waals surface area contributed by atoms with Gasteiger partial charge in [-0.15, -0.1) is 0 Å². The third kappa shape index (κ3) is 8.20. The number of rotatable bonds is 13. The van der Waals surface area contributed by atoms with Crippen LogP contribution in [0.4, 0.5) is 0 Å². The molecular formula is C46H70O16. The second-order valence-corrected chi connectivity index (χ2v) is 21.4. The number of carbonyl (C=O) groups excluding carboxylic acids is 1. The molecule has 0 bridgehead atoms. The van der Waals surface area contributed by atoms with E-state index in [-0.39, 0.29) is 71.8 Å². The summed E-state index contributed by atoms with van der Waals surface area (Å²) in [5.74, 6) is -4.53. The molecule has 4 saturated carbocycles. The molecule has 13 unspecified atom stereocenters. The van der Waals surface area contributed by atoms with Crippen molar-refractivity contribution in [3.05, 3.63) is 11.6 Å². The zero-order chi connectivity index (χ0) is 45.3. The Morgan fingerprint density at radius 2 is 1.31 bits per heavy atom. The summed E-state index contributed by atoms with van der Waals surface area (Å²) in [7, 11) is 0. The first-order valence-electron chi connectivity index (χ1n) is 22.9. The second-order valence-electron chi connectivity index (χ2n) is 21.4. The fourth-order valence-electron chi connectivity index (χ4n) is 14.2. The molecule has 0 aromatic heterocycles. The molecule has 350 valence electrons. The molecule has 16 heteroatoms. The summed E-state index contributed by atoms with van der Waals surface area (Å²) in [6, 6.07) is 0. The Morgan fingerprint density at radius 3 is 1.97 bits per heavy atom. The Bertz CT molecular complexity index is 1730. The van der Waals surface area contributed by atoms with Crippen molar-refractivity contribution in [3.8, 4) is 0 Å². The fraction of sp³-hybridized carbons (Fsp3) is 0.870. The van der Waals surface area contributed by atoms with Gasteiger partial charge in [-0.05, 0) is 129 Å². The van der Waals surface area contributed by atoms with Gasteiger partial charge in [-0.2, -0.15) is 0 Å². The Kier molecular flexibility index (Phi) is 13.5. The summed E-state index contributed by atoms with van der Waals surface area (Å²) in [6.07, 6.45) is -3.94. The molecule has 16 nitrogen and oxygen atoms in total. The fourth-order valence-corrected chi connectivity index (χ4v) is 14.2. The first-order chi connectivity index (χ1) is 29.1. The molecule has 0 amide bonds. The van der Waals surface area contributed by atoms with E-state index < -0.39 is 96.4 Å². The number of ketones is 1. The van der Waals surface area contributed by atoms with Crippen molar-refractivity contribution in [1.82, 2.24) is 0 Å². The van der Waals surface area contributed by atoms with Crippen LogP contribution in [-0.4, -0.2) is 139 Å². The molecule has 7 aliphatic rings. The van der Waals surface area contributed by atoms with E-state index in [1.54, 1.807) is 0 Å². The molecule has 62 heavy (non-hydrogen) atoms. The molecule has 19 atom stereocenters. The topological polar surface area (TPSA) is 267 Å². The minimum Gasteiger partial charge on any atom is -0.481 e. The first kappa shape index (κ1) is 47.4. The van der Waals surface area contributed by atoms with Crippen LogP contribution in [-0.2, 0) is 38.1 Å². The normalized spacial score (nSPS) is 47.5. The van der Waals surface area contributed by atoms with Crippen molar-refractivity contribution in [2.45, 2.75) is 179 Å². The Morgan fingerprint density at radius 1 is 0.694 bits per heavy atom. The van der Waals surface area contributed by atoms with Gasteiger partial charge in [-0.3, -0.25) is 9.59 Å². The molecule has 2 heterocycles. The first-order valence-corrected chi connectivity index (χ1v) is 22.9. The highest BCUT2D eigenvalue weighted by atomic mass is 16.7. The van der Waals surface area contributed by atoms with Crippen LogP contribution in [0.3, 0.4) is 0 Å². The van der Waals surface area contributed by atoms with Gasteiger partial charge in [0, 0.05) is 25.0 Å². The maximum absolute atomic E-state index is 14.7. The number of hydrogen-bond acceptors (Lipinski definition) is 13. The second kappa shape index (κ2) is 17.7. The summed E-state index contributed by atoms with van der Waals surface area (Å²) in [5, 5.41) is 81.7. The highest BCUT2D eigenvalue weighted by Gasteiger charge is 2.67. The lowest BCUT2D eigenvalue weighted by molar-refractivity contribution is -0.312. The van der Waals surface area contributed by atoms with E-state index in [0.717, 1.165) is 32.1 Å². The minimum absolute atomic E-state index is 0.00381. The number of allylic oxidation sites excluding steroid dienone is 2. The van der Waals surface area contributed by atoms with Crippen molar-refractivity contribution < 1.29 is 79.0 Å². The van der Waals surface area contributed by atoms with Crippen LogP contribution in [0, 0.1) is 57.2 Å². The number of aliphatic carboxylic acids is 3. The van der Waals surface area contributed by atoms with Gasteiger partial charge >= 0.3 is 17.9 Å². The van der Waals surface area contributed by atoms with Crippen LogP contribution in [0.2, 0.25) is 0 Å². The zero-order valence-corrected chi connectivity index (χ0v) is 36.8. The van der Waals surface area contributed by atoms with E-state index in [2.05, 4.69) is 34.6 Å². The van der Waals surface area contributed by atoms with Gasteiger partial charge in [-0.1, -0.05) is 40.2 Å². The quantitative estimate of drug-likeness (QED) is 0.0974. The SMILES string of the molecule is CC1(C)C2CC[C@@]3(C)C4CC[C@@]5(C)CC[C@H](C(=O)O)C[C@H]5C4=CC(=O)C3[C@@]2(C)CC[C@@H]1OC1OC(C(=O)O)C(O)C(O)C1CCCOCCCC1OC(C(=O)O)C(O)C(O)C1O. The number of ether oxygens (including phenoxy) is 4. The standard InChI is InChI=1S/C46H70O16/c1-43(2)29-12-16-45(4)25-11-15-44(3)14-10-22(39(53)54)20-26(44)24(25)21-27(47)38(45)46(29,5)17-13-30(43)61-42-23(31(48)34(51)37(62-42)41(57)58)8-6-18-59-19-7-9-28-32(49)33(50)35(52)36(60-28)40(55)56/h21-23,25-26,28-38,42,48-52H,6-20H2,1-5H3,(H,53,54)(H,55,56)(H,57,58)/t22-,23?,25?,26-,28?,29?,30-,31?,32?,33?,34?,35?,36?,37?,38?,42?,44+,45-,46-/m0/s1. The monoisotopic (exact) mass is 878 g/mol. The maximum Gasteiger partial charge on any atom is 0.335 e. The van der Waals surface area contributed by atoms with Crippen LogP contribution < -0.4 is 0 Å². The lowest BCUT2D eigenvalue weighted by Gasteiger charge is -2.67. The molecule has 0 aromatic carbocycles. The van der Waals surface area contributed by atoms with Crippen LogP contribution in [0.15, 0.2) is 11.6 Å². The number of hydrogen-bond donors (Lipinski definition) is 8. The van der Waals surface area contributed by atoms with Gasteiger partial charge < -0.3 is 59.8 Å². The van der Waals surface area contributed by atoms with E-state index in [1.807, 2.05) is 6.08 Å². The molecule has 2 saturated heterocycles. The van der Waals surface area contributed by atoms with Gasteiger partial charge in [0.15, 0.2) is 24.3 Å². The molecule has 0 aromatic rings. The van der Waals surface area contributed by atoms with Gasteiger partial charge in [0.25, 0.3) is 0 Å². The van der Waals surface area contributed by atoms with E-state index in [9.17, 15) is 60.0 Å². The van der Waals surface area contributed by atoms with Crippen molar-refractivity contribution in [3.63, 3.8) is 0 Å². The van der Waals surface area contributed by atoms with Crippen molar-refractivity contribution >= 4 is 23.7 Å². The molecule has 0 radical (unpaired) electrons. The average Bonchev–Trinajstić information content (AvgIpc) is 3.19. The van der Waals surface area contributed by atoms with Crippen LogP contribution >= 0.6 is 0 Å². The van der Waals surface area contributed by atoms with E-state index in [4.69, 9.17) is 18.9 Å². The molecule has 7 rings (SSSR count). The zero-order valence-electron chi connectivity index (χ0n) is 36.8. The molecule has 8 N–H and O–H groups in total. The predicted molar refractivity (Wildman–Crippen MR) is 218 cm³/mol. The Balaban J connectivity index is 1.00. The number of carboxylic acid groups (broad SMARTS) is 3. The molecule has 0 spiro atoms. The van der Waals surface area contributed by atoms with E-state index in [0.29, 0.717) is 38.5 Å². The number of carboxylic acids is 3. The number of aliphatic hydroxyl groups is 5. The molecule has 2 aliphatic heterocycles. The summed E-state index contributed by atoms with van der Waals surface area (Å²) in [6.45, 7) is 11.5. The Hall–Kier alpha value is -2.54. The molecular weight excluding hydrogens is 808 g/mol. The van der Waals surface area contributed by atoms with E-state index >= 15 is 0 Å². The van der Waals surface area contributed by atoms with Crippen molar-refractivity contribution in [2.24, 2.45) is 57.2 Å². The summed E-state index contributed by atoms with van der Waals surface area (Å²) >= 11 is 0. The van der Waals surface area contributed by atoms with Gasteiger partial charge in [0.2, 0.25) is 0 Å². The highest BCUT2D eigenvalue weighted by molar-refractivity contribution is 5.95.